The van der Waals surface area contributed by atoms with Crippen LogP contribution in [0.3, 0.4) is 0 Å². The molecule has 1 unspecified atom stereocenters. The molecule has 0 saturated carbocycles. The minimum Gasteiger partial charge on any atom is -0.379 e. The molecule has 2 aliphatic rings. The molecule has 2 rings (SSSR count). The molecule has 0 bridgehead atoms. The minimum absolute atomic E-state index is 0.317. The van der Waals surface area contributed by atoms with E-state index in [2.05, 4.69) is 4.90 Å². The number of halogens is 1. The summed E-state index contributed by atoms with van der Waals surface area (Å²) in [5.41, 5.74) is 0. The van der Waals surface area contributed by atoms with E-state index in [4.69, 9.17) is 16.3 Å². The number of rotatable bonds is 3. The first-order valence-corrected chi connectivity index (χ1v) is 7.63. The van der Waals surface area contributed by atoms with Crippen molar-refractivity contribution in [1.82, 2.24) is 9.21 Å². The van der Waals surface area contributed by atoms with E-state index < -0.39 is 10.0 Å². The van der Waals surface area contributed by atoms with E-state index in [1.165, 1.54) is 4.31 Å². The van der Waals surface area contributed by atoms with Gasteiger partial charge in [0.05, 0.1) is 13.2 Å². The van der Waals surface area contributed by atoms with E-state index >= 15 is 0 Å². The van der Waals surface area contributed by atoms with Crippen molar-refractivity contribution in [2.24, 2.45) is 0 Å². The summed E-state index contributed by atoms with van der Waals surface area (Å²) in [5, 5.41) is -0.317. The van der Waals surface area contributed by atoms with Crippen LogP contribution in [-0.2, 0) is 14.8 Å². The van der Waals surface area contributed by atoms with Gasteiger partial charge in [-0.3, -0.25) is 4.90 Å². The van der Waals surface area contributed by atoms with E-state index in [1.807, 2.05) is 0 Å². The van der Waals surface area contributed by atoms with Gasteiger partial charge >= 0.3 is 0 Å². The molecule has 5 nitrogen and oxygen atoms in total. The van der Waals surface area contributed by atoms with Gasteiger partial charge in [-0.15, -0.1) is 11.6 Å². The van der Waals surface area contributed by atoms with Gasteiger partial charge in [0.25, 0.3) is 0 Å². The van der Waals surface area contributed by atoms with Crippen molar-refractivity contribution in [3.63, 3.8) is 0 Å². The van der Waals surface area contributed by atoms with Gasteiger partial charge in [0.2, 0.25) is 10.0 Å². The predicted molar refractivity (Wildman–Crippen MR) is 62.0 cm³/mol. The van der Waals surface area contributed by atoms with Crippen LogP contribution in [0.4, 0.5) is 0 Å². The lowest BCUT2D eigenvalue weighted by atomic mass is 10.2. The number of nitrogens with zero attached hydrogens (tertiary/aromatic N) is 2. The lowest BCUT2D eigenvalue weighted by Gasteiger charge is -2.31. The van der Waals surface area contributed by atoms with Crippen LogP contribution in [0.25, 0.3) is 0 Å². The SMILES string of the molecule is O=S(=O)(CCl)N1CCC(N2CCOCC2)C1. The molecule has 2 heterocycles. The zero-order valence-corrected chi connectivity index (χ0v) is 10.7. The van der Waals surface area contributed by atoms with Gasteiger partial charge in [0.15, 0.2) is 0 Å². The average Bonchev–Trinajstić information content (AvgIpc) is 2.80. The molecule has 16 heavy (non-hydrogen) atoms. The second kappa shape index (κ2) is 5.18. The Morgan fingerprint density at radius 1 is 1.25 bits per heavy atom. The van der Waals surface area contributed by atoms with Gasteiger partial charge in [-0.25, -0.2) is 8.42 Å². The Labute approximate surface area is 101 Å². The largest absolute Gasteiger partial charge is 0.379 e. The molecular weight excluding hydrogens is 252 g/mol. The summed E-state index contributed by atoms with van der Waals surface area (Å²) in [4.78, 5) is 2.31. The van der Waals surface area contributed by atoms with Gasteiger partial charge in [0.1, 0.15) is 5.21 Å². The average molecular weight is 269 g/mol. The number of hydrogen-bond acceptors (Lipinski definition) is 4. The number of hydrogen-bond donors (Lipinski definition) is 0. The maximum Gasteiger partial charge on any atom is 0.228 e. The van der Waals surface area contributed by atoms with E-state index in [9.17, 15) is 8.42 Å². The van der Waals surface area contributed by atoms with Crippen molar-refractivity contribution in [2.45, 2.75) is 12.5 Å². The molecule has 94 valence electrons. The minimum atomic E-state index is -3.23. The zero-order valence-electron chi connectivity index (χ0n) is 9.14. The Balaban J connectivity index is 1.92. The maximum atomic E-state index is 11.6. The van der Waals surface area contributed by atoms with Crippen LogP contribution < -0.4 is 0 Å². The van der Waals surface area contributed by atoms with Crippen LogP contribution in [0.15, 0.2) is 0 Å². The maximum absolute atomic E-state index is 11.6. The fraction of sp³-hybridized carbons (Fsp3) is 1.00. The fourth-order valence-corrected chi connectivity index (χ4v) is 3.61. The van der Waals surface area contributed by atoms with Gasteiger partial charge < -0.3 is 4.74 Å². The van der Waals surface area contributed by atoms with Crippen molar-refractivity contribution in [3.8, 4) is 0 Å². The smallest absolute Gasteiger partial charge is 0.228 e. The van der Waals surface area contributed by atoms with Crippen LogP contribution in [0, 0.1) is 0 Å². The summed E-state index contributed by atoms with van der Waals surface area (Å²) < 4.78 is 29.9. The summed E-state index contributed by atoms with van der Waals surface area (Å²) in [7, 11) is -3.23. The van der Waals surface area contributed by atoms with Gasteiger partial charge in [0, 0.05) is 32.2 Å². The first-order valence-electron chi connectivity index (χ1n) is 5.49. The van der Waals surface area contributed by atoms with Crippen molar-refractivity contribution < 1.29 is 13.2 Å². The first kappa shape index (κ1) is 12.6. The zero-order chi connectivity index (χ0) is 11.6. The summed E-state index contributed by atoms with van der Waals surface area (Å²) in [6.07, 6.45) is 0.899. The van der Waals surface area contributed by atoms with Crippen LogP contribution >= 0.6 is 11.6 Å². The highest BCUT2D eigenvalue weighted by molar-refractivity contribution is 7.90. The van der Waals surface area contributed by atoms with E-state index in [0.29, 0.717) is 19.1 Å². The third kappa shape index (κ3) is 2.68. The fourth-order valence-electron chi connectivity index (χ4n) is 2.27. The van der Waals surface area contributed by atoms with Crippen molar-refractivity contribution in [2.75, 3.05) is 44.6 Å². The van der Waals surface area contributed by atoms with E-state index in [0.717, 1.165) is 32.7 Å². The highest BCUT2D eigenvalue weighted by atomic mass is 35.5. The van der Waals surface area contributed by atoms with Crippen molar-refractivity contribution >= 4 is 21.6 Å². The monoisotopic (exact) mass is 268 g/mol. The molecule has 0 aromatic rings. The quantitative estimate of drug-likeness (QED) is 0.672. The highest BCUT2D eigenvalue weighted by Gasteiger charge is 2.34. The molecule has 2 aliphatic heterocycles. The second-order valence-corrected chi connectivity index (χ2v) is 6.72. The molecule has 0 aliphatic carbocycles. The number of ether oxygens (including phenoxy) is 1. The summed E-state index contributed by atoms with van der Waals surface area (Å²) >= 11 is 5.44. The Kier molecular flexibility index (Phi) is 4.07. The summed E-state index contributed by atoms with van der Waals surface area (Å²) in [6, 6.07) is 0.335. The molecule has 0 spiro atoms. The Hall–Kier alpha value is 0.120. The Bertz CT molecular complexity index is 330. The third-order valence-corrected chi connectivity index (χ3v) is 5.44. The lowest BCUT2D eigenvalue weighted by Crippen LogP contribution is -2.45. The summed E-state index contributed by atoms with van der Waals surface area (Å²) in [5.74, 6) is 0. The Morgan fingerprint density at radius 3 is 2.56 bits per heavy atom. The number of morpholine rings is 1. The second-order valence-electron chi connectivity index (χ2n) is 4.17. The van der Waals surface area contributed by atoms with Crippen LogP contribution in [0.2, 0.25) is 0 Å². The molecule has 0 amide bonds. The highest BCUT2D eigenvalue weighted by Crippen LogP contribution is 2.20. The van der Waals surface area contributed by atoms with Crippen molar-refractivity contribution in [3.05, 3.63) is 0 Å². The first-order chi connectivity index (χ1) is 7.63. The molecule has 7 heteroatoms. The van der Waals surface area contributed by atoms with E-state index in [-0.39, 0.29) is 5.21 Å². The molecule has 0 aromatic heterocycles. The molecule has 0 N–H and O–H groups in total. The molecule has 0 aromatic carbocycles. The normalized spacial score (nSPS) is 29.7. The standard InChI is InChI=1S/C9H17ClN2O3S/c10-8-16(13,14)12-2-1-9(7-12)11-3-5-15-6-4-11/h9H,1-8H2. The van der Waals surface area contributed by atoms with Crippen LogP contribution in [0.1, 0.15) is 6.42 Å². The van der Waals surface area contributed by atoms with Gasteiger partial charge in [-0.2, -0.15) is 4.31 Å². The van der Waals surface area contributed by atoms with E-state index in [1.54, 1.807) is 0 Å². The molecule has 1 atom stereocenters. The van der Waals surface area contributed by atoms with Crippen LogP contribution in [-0.4, -0.2) is 68.3 Å². The molecule has 0 radical (unpaired) electrons. The number of sulfonamides is 1. The number of alkyl halides is 1. The molecule has 2 fully saturated rings. The molecule has 2 saturated heterocycles. The van der Waals surface area contributed by atoms with Crippen LogP contribution in [0.5, 0.6) is 0 Å². The predicted octanol–water partition coefficient (Wildman–Crippen LogP) is -0.0810. The molecular formula is C9H17ClN2O3S. The third-order valence-electron chi connectivity index (χ3n) is 3.22. The lowest BCUT2D eigenvalue weighted by molar-refractivity contribution is 0.0197. The van der Waals surface area contributed by atoms with Crippen molar-refractivity contribution in [1.29, 1.82) is 0 Å². The summed E-state index contributed by atoms with van der Waals surface area (Å²) in [6.45, 7) is 4.47. The Morgan fingerprint density at radius 2 is 1.94 bits per heavy atom. The topological polar surface area (TPSA) is 49.9 Å². The van der Waals surface area contributed by atoms with Gasteiger partial charge in [-0.1, -0.05) is 0 Å². The van der Waals surface area contributed by atoms with Gasteiger partial charge in [-0.05, 0) is 6.42 Å².